The third-order valence-corrected chi connectivity index (χ3v) is 6.93. The Morgan fingerprint density at radius 1 is 1.04 bits per heavy atom. The standard InChI is InChI=1S/C20H23NO3/c22-10-15-5-12-6-16(15)17(7-12)18-8-19(23)21(20(18)24)9-14-4-11-1-2-13(14)3-11/h1-2,7-8,11-16,22H,3-6,9-10H2. The van der Waals surface area contributed by atoms with Crippen molar-refractivity contribution in [2.24, 2.45) is 35.5 Å². The first-order valence-electron chi connectivity index (χ1n) is 9.23. The van der Waals surface area contributed by atoms with Crippen LogP contribution >= 0.6 is 0 Å². The van der Waals surface area contributed by atoms with Crippen LogP contribution in [0.15, 0.2) is 35.5 Å². The van der Waals surface area contributed by atoms with Crippen LogP contribution in [0.2, 0.25) is 0 Å². The summed E-state index contributed by atoms with van der Waals surface area (Å²) in [6.07, 6.45) is 12.6. The fourth-order valence-corrected chi connectivity index (χ4v) is 5.78. The molecule has 24 heavy (non-hydrogen) atoms. The lowest BCUT2D eigenvalue weighted by molar-refractivity contribution is -0.138. The van der Waals surface area contributed by atoms with Crippen LogP contribution in [0.25, 0.3) is 0 Å². The predicted molar refractivity (Wildman–Crippen MR) is 88.5 cm³/mol. The first kappa shape index (κ1) is 14.6. The minimum atomic E-state index is -0.147. The Morgan fingerprint density at radius 2 is 1.88 bits per heavy atom. The number of nitrogens with zero attached hydrogens (tertiary/aromatic N) is 1. The van der Waals surface area contributed by atoms with Crippen molar-refractivity contribution in [2.75, 3.05) is 13.2 Å². The summed E-state index contributed by atoms with van der Waals surface area (Å²) in [7, 11) is 0. The maximum Gasteiger partial charge on any atom is 0.261 e. The van der Waals surface area contributed by atoms with Crippen molar-refractivity contribution in [3.63, 3.8) is 0 Å². The number of allylic oxidation sites excluding steroid dienone is 3. The number of imide groups is 1. The van der Waals surface area contributed by atoms with Gasteiger partial charge in [-0.25, -0.2) is 0 Å². The van der Waals surface area contributed by atoms with Gasteiger partial charge in [0.25, 0.3) is 11.8 Å². The molecule has 4 aliphatic carbocycles. The summed E-state index contributed by atoms with van der Waals surface area (Å²) in [5.74, 6) is 2.35. The molecule has 0 aromatic carbocycles. The van der Waals surface area contributed by atoms with Crippen molar-refractivity contribution < 1.29 is 14.7 Å². The SMILES string of the molecule is O=C1C=C(C2=CC3CC(CO)C2C3)C(=O)N1CC1CC2C=CC1C2. The molecule has 2 saturated carbocycles. The van der Waals surface area contributed by atoms with Gasteiger partial charge >= 0.3 is 0 Å². The minimum Gasteiger partial charge on any atom is -0.396 e. The van der Waals surface area contributed by atoms with Crippen molar-refractivity contribution in [3.05, 3.63) is 35.5 Å². The average Bonchev–Trinajstić information content (AvgIpc) is 3.37. The molecule has 2 amide bonds. The summed E-state index contributed by atoms with van der Waals surface area (Å²) in [5.41, 5.74) is 1.63. The fourth-order valence-electron chi connectivity index (χ4n) is 5.78. The second kappa shape index (κ2) is 5.16. The maximum atomic E-state index is 12.9. The van der Waals surface area contributed by atoms with E-state index in [0.29, 0.717) is 35.8 Å². The molecule has 0 aromatic heterocycles. The van der Waals surface area contributed by atoms with E-state index in [9.17, 15) is 14.7 Å². The van der Waals surface area contributed by atoms with Crippen LogP contribution in [0, 0.1) is 35.5 Å². The number of carbonyl (C=O) groups excluding carboxylic acids is 2. The Kier molecular flexibility index (Phi) is 3.15. The number of amides is 2. The Hall–Kier alpha value is -1.68. The number of rotatable bonds is 4. The highest BCUT2D eigenvalue weighted by Crippen LogP contribution is 2.51. The zero-order chi connectivity index (χ0) is 16.4. The maximum absolute atomic E-state index is 12.9. The van der Waals surface area contributed by atoms with Crippen LogP contribution < -0.4 is 0 Å². The monoisotopic (exact) mass is 325 g/mol. The van der Waals surface area contributed by atoms with E-state index in [-0.39, 0.29) is 30.3 Å². The lowest BCUT2D eigenvalue weighted by atomic mass is 9.84. The Bertz CT molecular complexity index is 704. The van der Waals surface area contributed by atoms with E-state index in [4.69, 9.17) is 0 Å². The fraction of sp³-hybridized carbons (Fsp3) is 0.600. The molecule has 4 bridgehead atoms. The van der Waals surface area contributed by atoms with Gasteiger partial charge in [0.1, 0.15) is 0 Å². The van der Waals surface area contributed by atoms with Gasteiger partial charge in [-0.1, -0.05) is 18.2 Å². The third kappa shape index (κ3) is 2.02. The molecule has 0 radical (unpaired) electrons. The third-order valence-electron chi connectivity index (χ3n) is 6.93. The van der Waals surface area contributed by atoms with Crippen LogP contribution in [0.1, 0.15) is 25.7 Å². The van der Waals surface area contributed by atoms with E-state index in [1.165, 1.54) is 11.3 Å². The number of hydrogen-bond acceptors (Lipinski definition) is 3. The highest BCUT2D eigenvalue weighted by molar-refractivity contribution is 6.18. The van der Waals surface area contributed by atoms with E-state index in [1.54, 1.807) is 6.08 Å². The largest absolute Gasteiger partial charge is 0.396 e. The lowest BCUT2D eigenvalue weighted by Gasteiger charge is -2.25. The molecule has 0 saturated heterocycles. The van der Waals surface area contributed by atoms with E-state index in [0.717, 1.165) is 24.8 Å². The molecule has 2 fully saturated rings. The molecule has 0 aromatic rings. The summed E-state index contributed by atoms with van der Waals surface area (Å²) < 4.78 is 0. The minimum absolute atomic E-state index is 0.109. The molecular weight excluding hydrogens is 302 g/mol. The second-order valence-electron chi connectivity index (χ2n) is 8.25. The molecule has 6 atom stereocenters. The first-order chi connectivity index (χ1) is 11.6. The number of carbonyl (C=O) groups is 2. The van der Waals surface area contributed by atoms with Crippen molar-refractivity contribution in [3.8, 4) is 0 Å². The van der Waals surface area contributed by atoms with Crippen LogP contribution in [0.4, 0.5) is 0 Å². The van der Waals surface area contributed by atoms with Gasteiger partial charge in [0.2, 0.25) is 0 Å². The first-order valence-corrected chi connectivity index (χ1v) is 9.23. The van der Waals surface area contributed by atoms with E-state index in [2.05, 4.69) is 18.2 Å². The summed E-state index contributed by atoms with van der Waals surface area (Å²) >= 11 is 0. The summed E-state index contributed by atoms with van der Waals surface area (Å²) in [5, 5.41) is 9.55. The molecule has 0 spiro atoms. The summed E-state index contributed by atoms with van der Waals surface area (Å²) in [6, 6.07) is 0. The van der Waals surface area contributed by atoms with E-state index < -0.39 is 0 Å². The molecule has 1 N–H and O–H groups in total. The smallest absolute Gasteiger partial charge is 0.261 e. The molecule has 5 rings (SSSR count). The molecule has 126 valence electrons. The molecule has 6 unspecified atom stereocenters. The number of hydrogen-bond donors (Lipinski definition) is 1. The van der Waals surface area contributed by atoms with Crippen molar-refractivity contribution in [1.82, 2.24) is 4.90 Å². The van der Waals surface area contributed by atoms with Crippen LogP contribution in [0.5, 0.6) is 0 Å². The molecule has 4 heteroatoms. The quantitative estimate of drug-likeness (QED) is 0.636. The number of fused-ring (bicyclic) bond motifs is 4. The van der Waals surface area contributed by atoms with Crippen molar-refractivity contribution in [2.45, 2.75) is 25.7 Å². The number of aliphatic hydroxyl groups is 1. The predicted octanol–water partition coefficient (Wildman–Crippen LogP) is 2.07. The highest BCUT2D eigenvalue weighted by atomic mass is 16.3. The van der Waals surface area contributed by atoms with Gasteiger partial charge in [0, 0.05) is 24.8 Å². The van der Waals surface area contributed by atoms with Gasteiger partial charge in [0.15, 0.2) is 0 Å². The van der Waals surface area contributed by atoms with Gasteiger partial charge in [-0.2, -0.15) is 0 Å². The van der Waals surface area contributed by atoms with Crippen molar-refractivity contribution in [1.29, 1.82) is 0 Å². The second-order valence-corrected chi connectivity index (χ2v) is 8.25. The average molecular weight is 325 g/mol. The number of aliphatic hydroxyl groups excluding tert-OH is 1. The van der Waals surface area contributed by atoms with Crippen LogP contribution in [0.3, 0.4) is 0 Å². The summed E-state index contributed by atoms with van der Waals surface area (Å²) in [4.78, 5) is 26.8. The van der Waals surface area contributed by atoms with Gasteiger partial charge in [-0.05, 0) is 66.8 Å². The van der Waals surface area contributed by atoms with Crippen LogP contribution in [-0.2, 0) is 9.59 Å². The van der Waals surface area contributed by atoms with Crippen molar-refractivity contribution >= 4 is 11.8 Å². The molecule has 5 aliphatic rings. The topological polar surface area (TPSA) is 57.6 Å². The van der Waals surface area contributed by atoms with Gasteiger partial charge < -0.3 is 5.11 Å². The van der Waals surface area contributed by atoms with Gasteiger partial charge in [-0.15, -0.1) is 0 Å². The Morgan fingerprint density at radius 3 is 2.54 bits per heavy atom. The Balaban J connectivity index is 1.34. The Labute approximate surface area is 141 Å². The van der Waals surface area contributed by atoms with Crippen LogP contribution in [-0.4, -0.2) is 35.0 Å². The van der Waals surface area contributed by atoms with E-state index >= 15 is 0 Å². The van der Waals surface area contributed by atoms with E-state index in [1.807, 2.05) is 0 Å². The summed E-state index contributed by atoms with van der Waals surface area (Å²) in [6.45, 7) is 0.739. The van der Waals surface area contributed by atoms with Gasteiger partial charge in [0.05, 0.1) is 0 Å². The molecule has 1 heterocycles. The molecule has 1 aliphatic heterocycles. The zero-order valence-corrected chi connectivity index (χ0v) is 13.7. The highest BCUT2D eigenvalue weighted by Gasteiger charge is 2.46. The zero-order valence-electron chi connectivity index (χ0n) is 13.7. The lowest BCUT2D eigenvalue weighted by Crippen LogP contribution is -2.37. The van der Waals surface area contributed by atoms with Gasteiger partial charge in [-0.3, -0.25) is 14.5 Å². The molecule has 4 nitrogen and oxygen atoms in total. The molecular formula is C20H23NO3. The normalized spacial score (nSPS) is 42.5.